The van der Waals surface area contributed by atoms with Gasteiger partial charge in [-0.2, -0.15) is 0 Å². The van der Waals surface area contributed by atoms with Gasteiger partial charge in [-0.05, 0) is 87.3 Å². The van der Waals surface area contributed by atoms with Crippen LogP contribution in [0.2, 0.25) is 0 Å². The van der Waals surface area contributed by atoms with Gasteiger partial charge in [-0.25, -0.2) is 0 Å². The van der Waals surface area contributed by atoms with Gasteiger partial charge in [-0.1, -0.05) is 143 Å². The maximum atomic E-state index is 6.88. The van der Waals surface area contributed by atoms with Crippen LogP contribution in [0.15, 0.2) is 168 Å². The van der Waals surface area contributed by atoms with Crippen LogP contribution in [0.5, 0.6) is 11.5 Å². The second-order valence-corrected chi connectivity index (χ2v) is 16.1. The van der Waals surface area contributed by atoms with Gasteiger partial charge >= 0.3 is 0 Å². The van der Waals surface area contributed by atoms with Crippen LogP contribution in [-0.2, 0) is 10.8 Å². The summed E-state index contributed by atoms with van der Waals surface area (Å²) in [6.45, 7) is 9.27. The van der Waals surface area contributed by atoms with Crippen molar-refractivity contribution in [2.24, 2.45) is 0 Å². The third-order valence-corrected chi connectivity index (χ3v) is 12.3. The number of fused-ring (bicyclic) bond motifs is 10. The third-order valence-electron chi connectivity index (χ3n) is 12.3. The Hall–Kier alpha value is -6.58. The Balaban J connectivity index is 1.01. The zero-order valence-electron chi connectivity index (χ0n) is 31.4. The van der Waals surface area contributed by atoms with Crippen LogP contribution in [-0.4, -0.2) is 0 Å². The number of hydrogen-bond donors (Lipinski definition) is 0. The van der Waals surface area contributed by atoms with Crippen molar-refractivity contribution >= 4 is 49.8 Å². The lowest BCUT2D eigenvalue weighted by Crippen LogP contribution is -2.24. The summed E-state index contributed by atoms with van der Waals surface area (Å²) in [5.41, 5.74) is 14.8. The standard InChI is InChI=1S/C52H39NO2/c1-51(2)41-17-9-7-15-38(41)39-26-25-36(31-44(39)51)53(45-18-11-13-33-12-5-6-14-37(33)45)35-23-20-32(21-24-35)34-22-27-42-48(30-34)55-50-43(52(42,3)4)28-29-47-49(50)40-16-8-10-19-46(40)54-47/h5-31H,1-4H3. The minimum absolute atomic E-state index is 0.101. The van der Waals surface area contributed by atoms with E-state index in [1.165, 1.54) is 44.2 Å². The number of para-hydroxylation sites is 1. The van der Waals surface area contributed by atoms with Crippen LogP contribution < -0.4 is 9.64 Å². The fourth-order valence-corrected chi connectivity index (χ4v) is 9.41. The number of anilines is 3. The quantitative estimate of drug-likeness (QED) is 0.182. The van der Waals surface area contributed by atoms with Gasteiger partial charge < -0.3 is 14.1 Å². The number of benzene rings is 8. The number of nitrogens with zero attached hydrogens (tertiary/aromatic N) is 1. The second kappa shape index (κ2) is 11.5. The van der Waals surface area contributed by atoms with Crippen molar-refractivity contribution in [2.75, 3.05) is 4.90 Å². The van der Waals surface area contributed by atoms with Crippen LogP contribution >= 0.6 is 0 Å². The molecule has 0 radical (unpaired) electrons. The molecule has 3 nitrogen and oxygen atoms in total. The first kappa shape index (κ1) is 31.9. The maximum absolute atomic E-state index is 6.88. The Bertz CT molecular complexity index is 3010. The average Bonchev–Trinajstić information content (AvgIpc) is 3.70. The third kappa shape index (κ3) is 4.63. The minimum Gasteiger partial charge on any atom is -0.456 e. The highest BCUT2D eigenvalue weighted by Crippen LogP contribution is 2.54. The van der Waals surface area contributed by atoms with Gasteiger partial charge in [0.1, 0.15) is 22.7 Å². The van der Waals surface area contributed by atoms with Crippen LogP contribution in [0.3, 0.4) is 0 Å². The highest BCUT2D eigenvalue weighted by atomic mass is 16.5. The molecule has 11 rings (SSSR count). The molecule has 2 aliphatic rings. The van der Waals surface area contributed by atoms with Gasteiger partial charge in [0, 0.05) is 44.1 Å². The first-order chi connectivity index (χ1) is 26.8. The van der Waals surface area contributed by atoms with E-state index in [1.807, 2.05) is 12.1 Å². The molecule has 0 bridgehead atoms. The van der Waals surface area contributed by atoms with E-state index in [1.54, 1.807) is 0 Å². The molecule has 1 aliphatic carbocycles. The molecule has 0 saturated heterocycles. The molecule has 0 N–H and O–H groups in total. The fourth-order valence-electron chi connectivity index (χ4n) is 9.41. The molecule has 3 heteroatoms. The van der Waals surface area contributed by atoms with Crippen LogP contribution in [0.4, 0.5) is 17.1 Å². The number of ether oxygens (including phenoxy) is 1. The second-order valence-electron chi connectivity index (χ2n) is 16.1. The van der Waals surface area contributed by atoms with Gasteiger partial charge in [-0.15, -0.1) is 0 Å². The Kier molecular flexibility index (Phi) is 6.65. The Morgan fingerprint density at radius 2 is 1.13 bits per heavy atom. The van der Waals surface area contributed by atoms with Gasteiger partial charge in [0.15, 0.2) is 0 Å². The fraction of sp³-hybridized carbons (Fsp3) is 0.115. The average molecular weight is 710 g/mol. The molecule has 0 atom stereocenters. The summed E-state index contributed by atoms with van der Waals surface area (Å²) in [5, 5.41) is 4.54. The van der Waals surface area contributed by atoms with E-state index >= 15 is 0 Å². The summed E-state index contributed by atoms with van der Waals surface area (Å²) in [6.07, 6.45) is 0. The predicted molar refractivity (Wildman–Crippen MR) is 228 cm³/mol. The van der Waals surface area contributed by atoms with Crippen LogP contribution in [0, 0.1) is 0 Å². The maximum Gasteiger partial charge on any atom is 0.143 e. The van der Waals surface area contributed by atoms with Gasteiger partial charge in [0.25, 0.3) is 0 Å². The Labute approximate surface area is 321 Å². The van der Waals surface area contributed by atoms with E-state index in [-0.39, 0.29) is 10.8 Å². The predicted octanol–water partition coefficient (Wildman–Crippen LogP) is 14.6. The van der Waals surface area contributed by atoms with E-state index in [9.17, 15) is 0 Å². The van der Waals surface area contributed by atoms with Crippen LogP contribution in [0.1, 0.15) is 49.9 Å². The zero-order chi connectivity index (χ0) is 37.1. The van der Waals surface area contributed by atoms with E-state index < -0.39 is 0 Å². The molecule has 0 saturated carbocycles. The summed E-state index contributed by atoms with van der Waals surface area (Å²) in [6, 6.07) is 59.3. The lowest BCUT2D eigenvalue weighted by molar-refractivity contribution is 0.423. The summed E-state index contributed by atoms with van der Waals surface area (Å²) in [5.74, 6) is 1.77. The van der Waals surface area contributed by atoms with E-state index in [0.717, 1.165) is 61.6 Å². The summed E-state index contributed by atoms with van der Waals surface area (Å²) < 4.78 is 13.1. The number of rotatable bonds is 4. The van der Waals surface area contributed by atoms with Crippen molar-refractivity contribution in [3.05, 3.63) is 186 Å². The molecule has 1 aliphatic heterocycles. The lowest BCUT2D eigenvalue weighted by atomic mass is 9.75. The molecule has 0 unspecified atom stereocenters. The minimum atomic E-state index is -0.247. The molecular weight excluding hydrogens is 671 g/mol. The largest absolute Gasteiger partial charge is 0.456 e. The Morgan fingerprint density at radius 3 is 2.00 bits per heavy atom. The molecule has 264 valence electrons. The molecule has 8 aromatic carbocycles. The highest BCUT2D eigenvalue weighted by molar-refractivity contribution is 6.09. The van der Waals surface area contributed by atoms with Crippen molar-refractivity contribution in [3.63, 3.8) is 0 Å². The molecule has 1 aromatic heterocycles. The first-order valence-electron chi connectivity index (χ1n) is 19.2. The molecule has 0 amide bonds. The lowest BCUT2D eigenvalue weighted by Gasteiger charge is -2.35. The molecule has 0 fully saturated rings. The van der Waals surface area contributed by atoms with Crippen molar-refractivity contribution in [2.45, 2.75) is 38.5 Å². The smallest absolute Gasteiger partial charge is 0.143 e. The number of furan rings is 1. The molecule has 2 heterocycles. The van der Waals surface area contributed by atoms with E-state index in [0.29, 0.717) is 0 Å². The SMILES string of the molecule is CC1(C)c2ccccc2-c2ccc(N(c3ccc(-c4ccc5c(c4)Oc4c(ccc6oc7ccccc7c46)C5(C)C)cc3)c3cccc4ccccc34)cc21. The van der Waals surface area contributed by atoms with E-state index in [4.69, 9.17) is 9.15 Å². The normalized spacial score (nSPS) is 14.6. The van der Waals surface area contributed by atoms with Crippen molar-refractivity contribution in [3.8, 4) is 33.8 Å². The van der Waals surface area contributed by atoms with Gasteiger partial charge in [0.2, 0.25) is 0 Å². The topological polar surface area (TPSA) is 25.6 Å². The zero-order valence-corrected chi connectivity index (χ0v) is 31.4. The molecule has 0 spiro atoms. The van der Waals surface area contributed by atoms with Crippen LogP contribution in [0.25, 0.3) is 55.0 Å². The van der Waals surface area contributed by atoms with Gasteiger partial charge in [0.05, 0.1) is 11.1 Å². The molecule has 9 aromatic rings. The van der Waals surface area contributed by atoms with E-state index in [2.05, 4.69) is 184 Å². The Morgan fingerprint density at radius 1 is 0.455 bits per heavy atom. The molecule has 55 heavy (non-hydrogen) atoms. The summed E-state index contributed by atoms with van der Waals surface area (Å²) >= 11 is 0. The molecular formula is C52H39NO2. The van der Waals surface area contributed by atoms with Crippen molar-refractivity contribution in [1.29, 1.82) is 0 Å². The van der Waals surface area contributed by atoms with Gasteiger partial charge in [-0.3, -0.25) is 0 Å². The summed E-state index contributed by atoms with van der Waals surface area (Å²) in [7, 11) is 0. The highest BCUT2D eigenvalue weighted by Gasteiger charge is 2.37. The summed E-state index contributed by atoms with van der Waals surface area (Å²) in [4.78, 5) is 2.42. The van der Waals surface area contributed by atoms with Crippen molar-refractivity contribution in [1.82, 2.24) is 0 Å². The monoisotopic (exact) mass is 709 g/mol. The number of hydrogen-bond acceptors (Lipinski definition) is 3. The van der Waals surface area contributed by atoms with Crippen molar-refractivity contribution < 1.29 is 9.15 Å². The first-order valence-corrected chi connectivity index (χ1v) is 19.2.